The summed E-state index contributed by atoms with van der Waals surface area (Å²) in [5.41, 5.74) is 0. The fourth-order valence-corrected chi connectivity index (χ4v) is 3.39. The standard InChI is InChI=1S/C16H28N4OS.HI/c1-13-11-19-15(22-13)12-20-16(17-2)18-9-10-21-14-7-5-3-4-6-8-14;/h11,14H,3-10,12H2,1-2H3,(H2,17,18,20);1H. The summed E-state index contributed by atoms with van der Waals surface area (Å²) in [6.07, 6.45) is 10.2. The molecule has 2 N–H and O–H groups in total. The van der Waals surface area contributed by atoms with Crippen LogP contribution in [0.3, 0.4) is 0 Å². The first-order valence-electron chi connectivity index (χ1n) is 8.25. The van der Waals surface area contributed by atoms with Gasteiger partial charge in [0.05, 0.1) is 19.3 Å². The van der Waals surface area contributed by atoms with Crippen LogP contribution in [0.1, 0.15) is 48.4 Å². The third-order valence-corrected chi connectivity index (χ3v) is 4.76. The van der Waals surface area contributed by atoms with Gasteiger partial charge in [-0.15, -0.1) is 35.3 Å². The summed E-state index contributed by atoms with van der Waals surface area (Å²) in [6, 6.07) is 0. The Bertz CT molecular complexity index is 459. The molecule has 0 amide bonds. The maximum atomic E-state index is 5.97. The van der Waals surface area contributed by atoms with Crippen LogP contribution in [0.4, 0.5) is 0 Å². The maximum Gasteiger partial charge on any atom is 0.191 e. The lowest BCUT2D eigenvalue weighted by Crippen LogP contribution is -2.38. The molecule has 0 aliphatic heterocycles. The molecule has 7 heteroatoms. The number of hydrogen-bond acceptors (Lipinski definition) is 4. The van der Waals surface area contributed by atoms with Gasteiger partial charge in [0.15, 0.2) is 5.96 Å². The highest BCUT2D eigenvalue weighted by atomic mass is 127. The van der Waals surface area contributed by atoms with Gasteiger partial charge in [-0.3, -0.25) is 4.99 Å². The number of hydrogen-bond donors (Lipinski definition) is 2. The fraction of sp³-hybridized carbons (Fsp3) is 0.750. The third kappa shape index (κ3) is 8.30. The van der Waals surface area contributed by atoms with Crippen LogP contribution in [0.15, 0.2) is 11.2 Å². The van der Waals surface area contributed by atoms with Gasteiger partial charge in [0.25, 0.3) is 0 Å². The van der Waals surface area contributed by atoms with Gasteiger partial charge in [-0.1, -0.05) is 25.7 Å². The van der Waals surface area contributed by atoms with E-state index in [0.717, 1.165) is 24.1 Å². The Morgan fingerprint density at radius 3 is 2.65 bits per heavy atom. The number of aromatic nitrogens is 1. The Labute approximate surface area is 160 Å². The molecule has 0 unspecified atom stereocenters. The van der Waals surface area contributed by atoms with Crippen molar-refractivity contribution in [2.45, 2.75) is 58.1 Å². The van der Waals surface area contributed by atoms with E-state index >= 15 is 0 Å². The van der Waals surface area contributed by atoms with E-state index in [1.54, 1.807) is 18.4 Å². The van der Waals surface area contributed by atoms with Gasteiger partial charge in [0, 0.05) is 24.7 Å². The molecule has 0 aromatic carbocycles. The molecule has 1 aromatic heterocycles. The van der Waals surface area contributed by atoms with Gasteiger partial charge >= 0.3 is 0 Å². The molecule has 1 aromatic rings. The van der Waals surface area contributed by atoms with Crippen LogP contribution in [-0.2, 0) is 11.3 Å². The average Bonchev–Trinajstić information content (AvgIpc) is 2.78. The van der Waals surface area contributed by atoms with Crippen molar-refractivity contribution in [2.24, 2.45) is 4.99 Å². The molecule has 132 valence electrons. The summed E-state index contributed by atoms with van der Waals surface area (Å²) in [5, 5.41) is 7.65. The van der Waals surface area contributed by atoms with Gasteiger partial charge in [0.2, 0.25) is 0 Å². The molecular weight excluding hydrogens is 423 g/mol. The lowest BCUT2D eigenvalue weighted by atomic mass is 10.1. The Hall–Kier alpha value is -0.410. The largest absolute Gasteiger partial charge is 0.376 e. The molecule has 2 rings (SSSR count). The van der Waals surface area contributed by atoms with Gasteiger partial charge in [-0.05, 0) is 19.8 Å². The lowest BCUT2D eigenvalue weighted by molar-refractivity contribution is 0.0468. The Morgan fingerprint density at radius 2 is 2.04 bits per heavy atom. The minimum absolute atomic E-state index is 0. The number of rotatable bonds is 6. The van der Waals surface area contributed by atoms with Crippen LogP contribution in [0.5, 0.6) is 0 Å². The zero-order valence-electron chi connectivity index (χ0n) is 14.1. The lowest BCUT2D eigenvalue weighted by Gasteiger charge is -2.16. The monoisotopic (exact) mass is 452 g/mol. The van der Waals surface area contributed by atoms with Crippen molar-refractivity contribution in [1.29, 1.82) is 0 Å². The zero-order chi connectivity index (χ0) is 15.6. The van der Waals surface area contributed by atoms with Gasteiger partial charge in [0.1, 0.15) is 5.01 Å². The quantitative estimate of drug-likeness (QED) is 0.228. The molecule has 1 saturated carbocycles. The van der Waals surface area contributed by atoms with Crippen molar-refractivity contribution < 1.29 is 4.74 Å². The first-order valence-corrected chi connectivity index (χ1v) is 9.07. The minimum Gasteiger partial charge on any atom is -0.376 e. The van der Waals surface area contributed by atoms with Gasteiger partial charge < -0.3 is 15.4 Å². The number of nitrogens with one attached hydrogen (secondary N) is 2. The van der Waals surface area contributed by atoms with E-state index in [1.807, 2.05) is 6.20 Å². The van der Waals surface area contributed by atoms with Crippen molar-refractivity contribution >= 4 is 41.3 Å². The van der Waals surface area contributed by atoms with Crippen LogP contribution in [0.2, 0.25) is 0 Å². The second-order valence-electron chi connectivity index (χ2n) is 5.70. The number of aliphatic imine (C=N–C) groups is 1. The third-order valence-electron chi connectivity index (χ3n) is 3.85. The highest BCUT2D eigenvalue weighted by Gasteiger charge is 2.12. The predicted octanol–water partition coefficient (Wildman–Crippen LogP) is 3.47. The Morgan fingerprint density at radius 1 is 1.30 bits per heavy atom. The minimum atomic E-state index is 0. The van der Waals surface area contributed by atoms with E-state index in [9.17, 15) is 0 Å². The summed E-state index contributed by atoms with van der Waals surface area (Å²) in [4.78, 5) is 9.79. The molecule has 0 bridgehead atoms. The number of nitrogens with zero attached hydrogens (tertiary/aromatic N) is 2. The number of aryl methyl sites for hydroxylation is 1. The fourth-order valence-electron chi connectivity index (χ4n) is 2.67. The summed E-state index contributed by atoms with van der Waals surface area (Å²) in [6.45, 7) is 4.30. The smallest absolute Gasteiger partial charge is 0.191 e. The van der Waals surface area contributed by atoms with Crippen LogP contribution in [0, 0.1) is 6.92 Å². The summed E-state index contributed by atoms with van der Waals surface area (Å²) in [7, 11) is 1.79. The topological polar surface area (TPSA) is 58.5 Å². The van der Waals surface area contributed by atoms with Gasteiger partial charge in [-0.25, -0.2) is 4.98 Å². The van der Waals surface area contributed by atoms with E-state index in [0.29, 0.717) is 12.6 Å². The Kier molecular flexibility index (Phi) is 10.8. The van der Waals surface area contributed by atoms with E-state index in [-0.39, 0.29) is 24.0 Å². The van der Waals surface area contributed by atoms with Crippen LogP contribution in [-0.4, -0.2) is 37.2 Å². The van der Waals surface area contributed by atoms with Crippen molar-refractivity contribution in [3.05, 3.63) is 16.1 Å². The molecule has 0 spiro atoms. The number of halogens is 1. The van der Waals surface area contributed by atoms with Gasteiger partial charge in [-0.2, -0.15) is 0 Å². The van der Waals surface area contributed by atoms with E-state index < -0.39 is 0 Å². The second kappa shape index (κ2) is 12.0. The highest BCUT2D eigenvalue weighted by Crippen LogP contribution is 2.19. The second-order valence-corrected chi connectivity index (χ2v) is 7.02. The molecule has 0 atom stereocenters. The van der Waals surface area contributed by atoms with E-state index in [1.165, 1.54) is 43.4 Å². The SMILES string of the molecule is CN=C(NCCOC1CCCCCC1)NCc1ncc(C)s1.I. The van der Waals surface area contributed by atoms with E-state index in [2.05, 4.69) is 27.5 Å². The van der Waals surface area contributed by atoms with Crippen LogP contribution >= 0.6 is 35.3 Å². The molecule has 1 heterocycles. The number of guanidine groups is 1. The molecule has 23 heavy (non-hydrogen) atoms. The first kappa shape index (κ1) is 20.6. The normalized spacial score (nSPS) is 16.5. The summed E-state index contributed by atoms with van der Waals surface area (Å²) in [5.74, 6) is 0.803. The van der Waals surface area contributed by atoms with Crippen LogP contribution in [0.25, 0.3) is 0 Å². The predicted molar refractivity (Wildman–Crippen MR) is 108 cm³/mol. The maximum absolute atomic E-state index is 5.97. The Balaban J connectivity index is 0.00000264. The molecule has 5 nitrogen and oxygen atoms in total. The summed E-state index contributed by atoms with van der Waals surface area (Å²) >= 11 is 1.71. The van der Waals surface area contributed by atoms with Crippen molar-refractivity contribution in [3.63, 3.8) is 0 Å². The average molecular weight is 452 g/mol. The van der Waals surface area contributed by atoms with Crippen molar-refractivity contribution in [1.82, 2.24) is 15.6 Å². The number of ether oxygens (including phenoxy) is 1. The van der Waals surface area contributed by atoms with Crippen molar-refractivity contribution in [3.8, 4) is 0 Å². The van der Waals surface area contributed by atoms with Crippen molar-refractivity contribution in [2.75, 3.05) is 20.2 Å². The highest BCUT2D eigenvalue weighted by molar-refractivity contribution is 14.0. The molecule has 1 aliphatic carbocycles. The first-order chi connectivity index (χ1) is 10.8. The molecule has 0 saturated heterocycles. The van der Waals surface area contributed by atoms with Crippen LogP contribution < -0.4 is 10.6 Å². The van der Waals surface area contributed by atoms with E-state index in [4.69, 9.17) is 4.74 Å². The molecular formula is C16H29IN4OS. The number of thiazole rings is 1. The molecule has 0 radical (unpaired) electrons. The molecule has 1 fully saturated rings. The zero-order valence-corrected chi connectivity index (χ0v) is 17.3. The summed E-state index contributed by atoms with van der Waals surface area (Å²) < 4.78 is 5.97. The molecule has 1 aliphatic rings.